The number of alkyl halides is 3. The molecular weight excluding hydrogens is 371 g/mol. The Morgan fingerprint density at radius 2 is 2.12 bits per heavy atom. The van der Waals surface area contributed by atoms with E-state index in [4.69, 9.17) is 0 Å². The van der Waals surface area contributed by atoms with Crippen LogP contribution in [0.4, 0.5) is 24.5 Å². The fourth-order valence-corrected chi connectivity index (χ4v) is 3.30. The van der Waals surface area contributed by atoms with Crippen molar-refractivity contribution < 1.29 is 22.8 Å². The summed E-state index contributed by atoms with van der Waals surface area (Å²) in [6.07, 6.45) is -4.54. The number of amides is 2. The number of nitrogens with one attached hydrogen (secondary N) is 2. The lowest BCUT2D eigenvalue weighted by Gasteiger charge is -2.31. The molecule has 1 aliphatic rings. The van der Waals surface area contributed by atoms with E-state index in [9.17, 15) is 22.8 Å². The van der Waals surface area contributed by atoms with Crippen molar-refractivity contribution in [3.05, 3.63) is 29.6 Å². The van der Waals surface area contributed by atoms with Crippen molar-refractivity contribution in [2.24, 2.45) is 0 Å². The van der Waals surface area contributed by atoms with Crippen molar-refractivity contribution in [2.75, 3.05) is 16.8 Å². The van der Waals surface area contributed by atoms with Gasteiger partial charge in [-0.3, -0.25) is 19.6 Å². The first-order chi connectivity index (χ1) is 12.1. The van der Waals surface area contributed by atoms with Gasteiger partial charge >= 0.3 is 6.18 Å². The average molecular weight is 385 g/mol. The zero-order chi connectivity index (χ0) is 19.1. The van der Waals surface area contributed by atoms with Gasteiger partial charge in [-0.1, -0.05) is 11.8 Å². The number of carbonyl (C=O) groups is 2. The molecule has 3 rings (SSSR count). The SMILES string of the molecule is Cc1nc(S[C@H](C)C(=O)N2CC(=O)Nc3cc(C(F)(F)F)ccc32)n[nH]1. The topological polar surface area (TPSA) is 91.0 Å². The Morgan fingerprint density at radius 1 is 1.38 bits per heavy atom. The third-order valence-electron chi connectivity index (χ3n) is 3.66. The molecule has 0 unspecified atom stereocenters. The van der Waals surface area contributed by atoms with Crippen LogP contribution < -0.4 is 10.2 Å². The van der Waals surface area contributed by atoms with Gasteiger partial charge in [0.15, 0.2) is 0 Å². The highest BCUT2D eigenvalue weighted by Gasteiger charge is 2.35. The Labute approximate surface area is 150 Å². The van der Waals surface area contributed by atoms with Crippen LogP contribution in [0.1, 0.15) is 18.3 Å². The molecule has 138 valence electrons. The lowest BCUT2D eigenvalue weighted by atomic mass is 10.1. The van der Waals surface area contributed by atoms with E-state index in [2.05, 4.69) is 20.5 Å². The van der Waals surface area contributed by atoms with Gasteiger partial charge in [0.1, 0.15) is 12.4 Å². The van der Waals surface area contributed by atoms with E-state index in [0.29, 0.717) is 11.0 Å². The number of benzene rings is 1. The smallest absolute Gasteiger partial charge is 0.323 e. The molecule has 0 spiro atoms. The van der Waals surface area contributed by atoms with Crippen LogP contribution in [0.2, 0.25) is 0 Å². The van der Waals surface area contributed by atoms with Gasteiger partial charge in [0.2, 0.25) is 17.0 Å². The van der Waals surface area contributed by atoms with E-state index in [1.165, 1.54) is 11.0 Å². The number of hydrogen-bond donors (Lipinski definition) is 2. The van der Waals surface area contributed by atoms with Gasteiger partial charge in [-0.05, 0) is 32.0 Å². The van der Waals surface area contributed by atoms with Gasteiger partial charge in [-0.15, -0.1) is 5.10 Å². The Hall–Kier alpha value is -2.56. The Kier molecular flexibility index (Phi) is 4.65. The minimum atomic E-state index is -4.54. The highest BCUT2D eigenvalue weighted by atomic mass is 32.2. The third-order valence-corrected chi connectivity index (χ3v) is 4.61. The molecule has 0 radical (unpaired) electrons. The molecular formula is C15H14F3N5O2S. The molecule has 1 aromatic heterocycles. The first-order valence-corrected chi connectivity index (χ1v) is 8.41. The van der Waals surface area contributed by atoms with Crippen LogP contribution >= 0.6 is 11.8 Å². The maximum Gasteiger partial charge on any atom is 0.416 e. The second-order valence-electron chi connectivity index (χ2n) is 5.67. The highest BCUT2D eigenvalue weighted by Crippen LogP contribution is 2.37. The summed E-state index contributed by atoms with van der Waals surface area (Å²) in [5.41, 5.74) is -0.721. The van der Waals surface area contributed by atoms with Crippen molar-refractivity contribution in [3.8, 4) is 0 Å². The molecule has 2 N–H and O–H groups in total. The largest absolute Gasteiger partial charge is 0.416 e. The molecule has 0 fully saturated rings. The van der Waals surface area contributed by atoms with Gasteiger partial charge in [0.25, 0.3) is 0 Å². The summed E-state index contributed by atoms with van der Waals surface area (Å²) in [6, 6.07) is 2.89. The van der Waals surface area contributed by atoms with Crippen LogP contribution in [0.25, 0.3) is 0 Å². The van der Waals surface area contributed by atoms with Crippen LogP contribution in [0.15, 0.2) is 23.4 Å². The van der Waals surface area contributed by atoms with E-state index in [1.807, 2.05) is 0 Å². The lowest BCUT2D eigenvalue weighted by molar-refractivity contribution is -0.137. The number of aromatic amines is 1. The molecule has 2 aromatic rings. The van der Waals surface area contributed by atoms with E-state index in [0.717, 1.165) is 23.9 Å². The molecule has 2 amide bonds. The second-order valence-corrected chi connectivity index (χ2v) is 6.97. The molecule has 11 heteroatoms. The molecule has 0 saturated heterocycles. The average Bonchev–Trinajstić information content (AvgIpc) is 2.96. The summed E-state index contributed by atoms with van der Waals surface area (Å²) in [7, 11) is 0. The van der Waals surface area contributed by atoms with Gasteiger partial charge < -0.3 is 5.32 Å². The molecule has 2 heterocycles. The number of rotatable bonds is 3. The fourth-order valence-electron chi connectivity index (χ4n) is 2.47. The molecule has 0 saturated carbocycles. The first kappa shape index (κ1) is 18.2. The molecule has 1 aliphatic heterocycles. The number of H-pyrrole nitrogens is 1. The summed E-state index contributed by atoms with van der Waals surface area (Å²) in [5, 5.41) is 8.71. The maximum absolute atomic E-state index is 12.9. The van der Waals surface area contributed by atoms with E-state index >= 15 is 0 Å². The third kappa shape index (κ3) is 3.66. The monoisotopic (exact) mass is 385 g/mol. The van der Waals surface area contributed by atoms with Crippen LogP contribution in [0.5, 0.6) is 0 Å². The van der Waals surface area contributed by atoms with Crippen LogP contribution in [0, 0.1) is 6.92 Å². The molecule has 0 aliphatic carbocycles. The van der Waals surface area contributed by atoms with Crippen molar-refractivity contribution >= 4 is 35.0 Å². The molecule has 0 bridgehead atoms. The number of thioether (sulfide) groups is 1. The normalized spacial score (nSPS) is 15.4. The van der Waals surface area contributed by atoms with Crippen LogP contribution in [0.3, 0.4) is 0 Å². The fraction of sp³-hybridized carbons (Fsp3) is 0.333. The predicted octanol–water partition coefficient (Wildman–Crippen LogP) is 2.60. The Morgan fingerprint density at radius 3 is 2.73 bits per heavy atom. The van der Waals surface area contributed by atoms with E-state index < -0.39 is 28.8 Å². The minimum absolute atomic E-state index is 0.0460. The summed E-state index contributed by atoms with van der Waals surface area (Å²) >= 11 is 1.09. The molecule has 7 nitrogen and oxygen atoms in total. The zero-order valence-corrected chi connectivity index (χ0v) is 14.5. The predicted molar refractivity (Wildman–Crippen MR) is 88.9 cm³/mol. The quantitative estimate of drug-likeness (QED) is 0.793. The number of nitrogens with zero attached hydrogens (tertiary/aromatic N) is 3. The number of aromatic nitrogens is 3. The van der Waals surface area contributed by atoms with Gasteiger partial charge in [-0.25, -0.2) is 4.98 Å². The number of aryl methyl sites for hydroxylation is 1. The summed E-state index contributed by atoms with van der Waals surface area (Å²) in [5.74, 6) is -0.390. The summed E-state index contributed by atoms with van der Waals surface area (Å²) in [4.78, 5) is 29.9. The number of carbonyl (C=O) groups excluding carboxylic acids is 2. The van der Waals surface area contributed by atoms with E-state index in [-0.39, 0.29) is 17.9 Å². The molecule has 26 heavy (non-hydrogen) atoms. The number of anilines is 2. The minimum Gasteiger partial charge on any atom is -0.323 e. The van der Waals surface area contributed by atoms with Gasteiger partial charge in [0.05, 0.1) is 22.2 Å². The zero-order valence-electron chi connectivity index (χ0n) is 13.7. The van der Waals surface area contributed by atoms with Crippen molar-refractivity contribution in [3.63, 3.8) is 0 Å². The number of halogens is 3. The van der Waals surface area contributed by atoms with Crippen molar-refractivity contribution in [1.29, 1.82) is 0 Å². The van der Waals surface area contributed by atoms with E-state index in [1.54, 1.807) is 13.8 Å². The van der Waals surface area contributed by atoms with Crippen molar-refractivity contribution in [1.82, 2.24) is 15.2 Å². The lowest BCUT2D eigenvalue weighted by Crippen LogP contribution is -2.45. The Balaban J connectivity index is 1.86. The molecule has 1 aromatic carbocycles. The number of hydrogen-bond acceptors (Lipinski definition) is 5. The highest BCUT2D eigenvalue weighted by molar-refractivity contribution is 8.00. The van der Waals surface area contributed by atoms with Gasteiger partial charge in [-0.2, -0.15) is 13.2 Å². The summed E-state index contributed by atoms with van der Waals surface area (Å²) in [6.45, 7) is 3.07. The van der Waals surface area contributed by atoms with Crippen LogP contribution in [-0.4, -0.2) is 38.8 Å². The van der Waals surface area contributed by atoms with Crippen molar-refractivity contribution in [2.45, 2.75) is 30.4 Å². The second kappa shape index (κ2) is 6.63. The maximum atomic E-state index is 12.9. The van der Waals surface area contributed by atoms with Crippen LogP contribution in [-0.2, 0) is 15.8 Å². The molecule has 1 atom stereocenters. The number of fused-ring (bicyclic) bond motifs is 1. The summed E-state index contributed by atoms with van der Waals surface area (Å²) < 4.78 is 38.6. The standard InChI is InChI=1S/C15H14F3N5O2S/c1-7(26-14-19-8(2)21-22-14)13(25)23-6-12(24)20-10-5-9(15(16,17)18)3-4-11(10)23/h3-5,7H,6H2,1-2H3,(H,20,24)(H,19,21,22)/t7-/m1/s1. The first-order valence-electron chi connectivity index (χ1n) is 7.53. The van der Waals surface area contributed by atoms with Gasteiger partial charge in [0, 0.05) is 0 Å². The Bertz CT molecular complexity index is 867.